The second-order valence-corrected chi connectivity index (χ2v) is 3.99. The van der Waals surface area contributed by atoms with Gasteiger partial charge in [-0.05, 0) is 13.8 Å². The molecule has 0 saturated heterocycles. The smallest absolute Gasteiger partial charge is 0.178 e. The highest BCUT2D eigenvalue weighted by Gasteiger charge is 2.38. The van der Waals surface area contributed by atoms with Gasteiger partial charge in [0, 0.05) is 0 Å². The van der Waals surface area contributed by atoms with Gasteiger partial charge in [0.2, 0.25) is 0 Å². The first kappa shape index (κ1) is 9.60. The fourth-order valence-electron chi connectivity index (χ4n) is 0.356. The maximum Gasteiger partial charge on any atom is 0.521 e. The maximum absolute atomic E-state index is 8.95. The summed E-state index contributed by atoms with van der Waals surface area (Å²) in [7, 11) is -2.97. The van der Waals surface area contributed by atoms with Gasteiger partial charge in [-0.2, -0.15) is 13.9 Å². The third-order valence-electron chi connectivity index (χ3n) is 0.577. The fraction of sp³-hybridized carbons (Fsp3) is 1.00. The number of hydrogen-bond donors (Lipinski definition) is 1. The van der Waals surface area contributed by atoms with Crippen LogP contribution in [0.15, 0.2) is 0 Å². The van der Waals surface area contributed by atoms with E-state index in [2.05, 4.69) is 9.05 Å². The highest BCUT2D eigenvalue weighted by molar-refractivity contribution is 7.86. The molecule has 5 heteroatoms. The average molecular weight is 174 g/mol. The zero-order valence-corrected chi connectivity index (χ0v) is 7.15. The van der Waals surface area contributed by atoms with Gasteiger partial charge in [0.25, 0.3) is 0 Å². The lowest BCUT2D eigenvalue weighted by molar-refractivity contribution is 0.207. The third-order valence-corrected chi connectivity index (χ3v) is 2.32. The van der Waals surface area contributed by atoms with Crippen LogP contribution in [0.2, 0.25) is 0 Å². The van der Waals surface area contributed by atoms with Crippen molar-refractivity contribution < 1.29 is 13.9 Å². The van der Waals surface area contributed by atoms with E-state index in [-0.39, 0.29) is 0 Å². The van der Waals surface area contributed by atoms with Crippen molar-refractivity contribution >= 4 is 18.5 Å². The molecule has 56 valence electrons. The zero-order valence-electron chi connectivity index (χ0n) is 5.50. The number of halogens is 1. The Morgan fingerprint density at radius 2 is 1.67 bits per heavy atom. The molecule has 0 atom stereocenters. The van der Waals surface area contributed by atoms with Crippen LogP contribution in [0.5, 0.6) is 0 Å². The first-order valence-corrected chi connectivity index (χ1v) is 5.21. The summed E-state index contributed by atoms with van der Waals surface area (Å²) in [5.41, 5.74) is 0. The highest BCUT2D eigenvalue weighted by atomic mass is 35.7. The Morgan fingerprint density at radius 3 is 1.89 bits per heavy atom. The molecule has 0 saturated carbocycles. The van der Waals surface area contributed by atoms with E-state index in [1.807, 2.05) is 0 Å². The van der Waals surface area contributed by atoms with Crippen LogP contribution in [-0.4, -0.2) is 18.1 Å². The summed E-state index contributed by atoms with van der Waals surface area (Å²) >= 11 is 5.36. The van der Waals surface area contributed by atoms with Crippen LogP contribution in [0.1, 0.15) is 13.8 Å². The average Bonchev–Trinajstić information content (AvgIpc) is 1.64. The van der Waals surface area contributed by atoms with Crippen molar-refractivity contribution in [1.82, 2.24) is 0 Å². The largest absolute Gasteiger partial charge is 0.521 e. The second-order valence-electron chi connectivity index (χ2n) is 1.29. The summed E-state index contributed by atoms with van der Waals surface area (Å²) in [5, 5.41) is 0. The molecule has 0 fully saturated rings. The summed E-state index contributed by atoms with van der Waals surface area (Å²) in [6.07, 6.45) is 0. The van der Waals surface area contributed by atoms with Crippen LogP contribution in [-0.2, 0) is 9.05 Å². The predicted octanol–water partition coefficient (Wildman–Crippen LogP) is 1.97. The molecule has 0 spiro atoms. The topological polar surface area (TPSA) is 38.7 Å². The van der Waals surface area contributed by atoms with Gasteiger partial charge in [0.05, 0.1) is 13.2 Å². The molecule has 0 aliphatic rings. The monoisotopic (exact) mass is 173 g/mol. The third kappa shape index (κ3) is 5.07. The van der Waals surface area contributed by atoms with Gasteiger partial charge in [0.1, 0.15) is 0 Å². The molecule has 0 amide bonds. The van der Waals surface area contributed by atoms with Crippen LogP contribution in [0.4, 0.5) is 0 Å². The molecule has 0 aliphatic carbocycles. The zero-order chi connectivity index (χ0) is 7.33. The molecule has 0 aliphatic heterocycles. The van der Waals surface area contributed by atoms with Gasteiger partial charge in [0.15, 0.2) is 11.2 Å². The molecule has 0 heterocycles. The maximum atomic E-state index is 8.95. The van der Waals surface area contributed by atoms with E-state index in [9.17, 15) is 0 Å². The first-order valence-electron chi connectivity index (χ1n) is 2.73. The Kier molecular flexibility index (Phi) is 4.72. The summed E-state index contributed by atoms with van der Waals surface area (Å²) in [6, 6.07) is 0. The molecule has 1 N–H and O–H groups in total. The summed E-state index contributed by atoms with van der Waals surface area (Å²) in [6.45, 7) is 4.22. The van der Waals surface area contributed by atoms with Gasteiger partial charge < -0.3 is 0 Å². The van der Waals surface area contributed by atoms with Crippen molar-refractivity contribution in [3.8, 4) is 0 Å². The first-order chi connectivity index (χ1) is 4.12. The minimum absolute atomic E-state index is 0.369. The molecule has 3 nitrogen and oxygen atoms in total. The molecule has 0 aromatic carbocycles. The highest BCUT2D eigenvalue weighted by Crippen LogP contribution is 2.61. The minimum Gasteiger partial charge on any atom is -0.178 e. The van der Waals surface area contributed by atoms with E-state index in [1.54, 1.807) is 13.8 Å². The quantitative estimate of drug-likeness (QED) is 0.661. The molecular formula is C4H11ClO3P+. The molecule has 0 bridgehead atoms. The van der Waals surface area contributed by atoms with Crippen molar-refractivity contribution in [3.05, 3.63) is 0 Å². The van der Waals surface area contributed by atoms with Gasteiger partial charge in [-0.3, -0.25) is 0 Å². The minimum atomic E-state index is -2.97. The van der Waals surface area contributed by atoms with Crippen molar-refractivity contribution in [2.24, 2.45) is 0 Å². The predicted molar refractivity (Wildman–Crippen MR) is 38.2 cm³/mol. The van der Waals surface area contributed by atoms with Gasteiger partial charge >= 0.3 is 7.30 Å². The van der Waals surface area contributed by atoms with E-state index in [4.69, 9.17) is 16.1 Å². The van der Waals surface area contributed by atoms with Crippen LogP contribution in [0.3, 0.4) is 0 Å². The molecular weight excluding hydrogens is 162 g/mol. The summed E-state index contributed by atoms with van der Waals surface area (Å²) in [5.74, 6) is 0. The Labute approximate surface area is 60.3 Å². The summed E-state index contributed by atoms with van der Waals surface area (Å²) in [4.78, 5) is 8.95. The van der Waals surface area contributed by atoms with Crippen molar-refractivity contribution in [2.75, 3.05) is 13.2 Å². The standard InChI is InChI=1S/C4H11ClO3P/c1-3-7-9(5,6)8-4-2/h6H,3-4H2,1-2H3/q+1. The van der Waals surface area contributed by atoms with E-state index < -0.39 is 7.30 Å². The number of hydrogen-bond acceptors (Lipinski definition) is 3. The normalized spacial score (nSPS) is 12.0. The molecule has 9 heavy (non-hydrogen) atoms. The lowest BCUT2D eigenvalue weighted by atomic mass is 10.9. The van der Waals surface area contributed by atoms with Crippen LogP contribution < -0.4 is 0 Å². The van der Waals surface area contributed by atoms with Crippen LogP contribution in [0, 0.1) is 0 Å². The second kappa shape index (κ2) is 4.42. The van der Waals surface area contributed by atoms with Gasteiger partial charge in [-0.15, -0.1) is 0 Å². The van der Waals surface area contributed by atoms with E-state index in [1.165, 1.54) is 0 Å². The van der Waals surface area contributed by atoms with Crippen molar-refractivity contribution in [3.63, 3.8) is 0 Å². The van der Waals surface area contributed by atoms with Gasteiger partial charge in [-0.1, -0.05) is 0 Å². The molecule has 0 aromatic heterocycles. The fourth-order valence-corrected chi connectivity index (χ4v) is 1.65. The van der Waals surface area contributed by atoms with E-state index in [0.717, 1.165) is 0 Å². The molecule has 0 aromatic rings. The van der Waals surface area contributed by atoms with E-state index in [0.29, 0.717) is 13.2 Å². The Morgan fingerprint density at radius 1 is 1.33 bits per heavy atom. The van der Waals surface area contributed by atoms with Gasteiger partial charge in [-0.25, -0.2) is 0 Å². The lowest BCUT2D eigenvalue weighted by Gasteiger charge is -2.04. The van der Waals surface area contributed by atoms with Crippen molar-refractivity contribution in [2.45, 2.75) is 13.8 Å². The Balaban J connectivity index is 3.43. The van der Waals surface area contributed by atoms with Crippen LogP contribution >= 0.6 is 18.5 Å². The molecule has 0 rings (SSSR count). The number of rotatable bonds is 4. The van der Waals surface area contributed by atoms with Crippen molar-refractivity contribution in [1.29, 1.82) is 0 Å². The Bertz CT molecular complexity index is 70.2. The molecule has 0 radical (unpaired) electrons. The summed E-state index contributed by atoms with van der Waals surface area (Å²) < 4.78 is 9.36. The molecule has 0 unspecified atom stereocenters. The van der Waals surface area contributed by atoms with Crippen LogP contribution in [0.25, 0.3) is 0 Å². The Hall–Kier alpha value is 0.600. The lowest BCUT2D eigenvalue weighted by Crippen LogP contribution is -1.95. The SMILES string of the molecule is CCO[P+](O)(Cl)OCC. The van der Waals surface area contributed by atoms with E-state index >= 15 is 0 Å².